The van der Waals surface area contributed by atoms with E-state index < -0.39 is 66.4 Å². The molecule has 33 heavy (non-hydrogen) atoms. The molecule has 0 radical (unpaired) electrons. The van der Waals surface area contributed by atoms with Crippen LogP contribution >= 0.6 is 11.8 Å². The van der Waals surface area contributed by atoms with Crippen LogP contribution in [0.1, 0.15) is 46.5 Å². The third-order valence-corrected chi connectivity index (χ3v) is 5.31. The number of nitrogens with two attached hydrogens (primary N) is 1. The molecule has 0 heterocycles. The highest BCUT2D eigenvalue weighted by atomic mass is 32.2. The molecule has 0 aromatic heterocycles. The Morgan fingerprint density at radius 1 is 0.848 bits per heavy atom. The Bertz CT molecular complexity index is 689. The van der Waals surface area contributed by atoms with Crippen molar-refractivity contribution in [3.05, 3.63) is 0 Å². The monoisotopic (exact) mass is 492 g/mol. The lowest BCUT2D eigenvalue weighted by Gasteiger charge is -2.25. The molecule has 0 rings (SSSR count). The number of carbonyl (C=O) groups excluding carboxylic acids is 3. The molecular formula is C20H36N4O8S. The Balaban J connectivity index is 5.54. The number of carboxylic acid groups (broad SMARTS) is 2. The van der Waals surface area contributed by atoms with Gasteiger partial charge in [-0.3, -0.25) is 19.2 Å². The Morgan fingerprint density at radius 2 is 1.33 bits per heavy atom. The summed E-state index contributed by atoms with van der Waals surface area (Å²) in [5.74, 6) is -4.37. The molecule has 13 heteroatoms. The molecular weight excluding hydrogens is 456 g/mol. The molecule has 0 spiro atoms. The summed E-state index contributed by atoms with van der Waals surface area (Å²) >= 11 is 1.41. The smallest absolute Gasteiger partial charge is 0.326 e. The van der Waals surface area contributed by atoms with Crippen molar-refractivity contribution >= 4 is 41.4 Å². The van der Waals surface area contributed by atoms with E-state index in [1.54, 1.807) is 20.1 Å². The normalized spacial score (nSPS) is 15.6. The second-order valence-electron chi connectivity index (χ2n) is 8.13. The molecule has 0 saturated heterocycles. The van der Waals surface area contributed by atoms with Crippen LogP contribution in [0.15, 0.2) is 0 Å². The molecule has 0 aromatic carbocycles. The maximum absolute atomic E-state index is 12.9. The molecule has 0 saturated carbocycles. The van der Waals surface area contributed by atoms with Gasteiger partial charge in [-0.15, -0.1) is 0 Å². The van der Waals surface area contributed by atoms with Gasteiger partial charge in [-0.25, -0.2) is 4.79 Å². The number of carbonyl (C=O) groups is 5. The first-order valence-electron chi connectivity index (χ1n) is 10.6. The molecule has 0 fully saturated rings. The molecule has 190 valence electrons. The zero-order valence-electron chi connectivity index (χ0n) is 19.4. The summed E-state index contributed by atoms with van der Waals surface area (Å²) in [6.07, 6.45) is 0.236. The number of aliphatic carboxylic acids is 2. The average Bonchev–Trinajstić information content (AvgIpc) is 2.71. The number of thioether (sulfide) groups is 1. The van der Waals surface area contributed by atoms with Gasteiger partial charge in [0.05, 0.1) is 6.10 Å². The van der Waals surface area contributed by atoms with Crippen LogP contribution in [0.25, 0.3) is 0 Å². The lowest BCUT2D eigenvalue weighted by Crippen LogP contribution is -2.58. The molecule has 12 nitrogen and oxygen atoms in total. The highest BCUT2D eigenvalue weighted by Gasteiger charge is 2.31. The maximum Gasteiger partial charge on any atom is 0.326 e. The van der Waals surface area contributed by atoms with Crippen LogP contribution < -0.4 is 21.7 Å². The summed E-state index contributed by atoms with van der Waals surface area (Å²) in [6.45, 7) is 4.88. The predicted molar refractivity (Wildman–Crippen MR) is 122 cm³/mol. The summed E-state index contributed by atoms with van der Waals surface area (Å²) in [5, 5.41) is 35.0. The van der Waals surface area contributed by atoms with Crippen molar-refractivity contribution in [1.82, 2.24) is 16.0 Å². The lowest BCUT2D eigenvalue weighted by molar-refractivity contribution is -0.143. The van der Waals surface area contributed by atoms with Gasteiger partial charge in [0.2, 0.25) is 17.7 Å². The fourth-order valence-electron chi connectivity index (χ4n) is 2.77. The lowest BCUT2D eigenvalue weighted by atomic mass is 10.0. The molecule has 0 aliphatic rings. The first-order valence-corrected chi connectivity index (χ1v) is 12.0. The van der Waals surface area contributed by atoms with Crippen LogP contribution in [-0.2, 0) is 24.0 Å². The molecule has 8 N–H and O–H groups in total. The zero-order valence-corrected chi connectivity index (χ0v) is 20.2. The first kappa shape index (κ1) is 30.6. The molecule has 0 bridgehead atoms. The van der Waals surface area contributed by atoms with Gasteiger partial charge < -0.3 is 37.0 Å². The van der Waals surface area contributed by atoms with Gasteiger partial charge in [-0.05, 0) is 44.1 Å². The van der Waals surface area contributed by atoms with Crippen LogP contribution in [0.3, 0.4) is 0 Å². The van der Waals surface area contributed by atoms with E-state index in [1.807, 2.05) is 0 Å². The summed E-state index contributed by atoms with van der Waals surface area (Å²) < 4.78 is 0. The van der Waals surface area contributed by atoms with Gasteiger partial charge in [0.25, 0.3) is 0 Å². The largest absolute Gasteiger partial charge is 0.481 e. The van der Waals surface area contributed by atoms with Gasteiger partial charge >= 0.3 is 11.9 Å². The predicted octanol–water partition coefficient (Wildman–Crippen LogP) is -1.10. The van der Waals surface area contributed by atoms with Gasteiger partial charge in [0.1, 0.15) is 24.2 Å². The molecule has 3 amide bonds. The fraction of sp³-hybridized carbons (Fsp3) is 0.750. The quantitative estimate of drug-likeness (QED) is 0.138. The molecule has 0 aromatic rings. The summed E-state index contributed by atoms with van der Waals surface area (Å²) in [4.78, 5) is 60.3. The van der Waals surface area contributed by atoms with Crippen molar-refractivity contribution in [2.75, 3.05) is 12.0 Å². The Labute approximate surface area is 197 Å². The summed E-state index contributed by atoms with van der Waals surface area (Å²) in [7, 11) is 0. The maximum atomic E-state index is 12.9. The molecule has 5 unspecified atom stereocenters. The fourth-order valence-corrected chi connectivity index (χ4v) is 3.24. The molecule has 0 aliphatic heterocycles. The van der Waals surface area contributed by atoms with Crippen LogP contribution in [-0.4, -0.2) is 87.3 Å². The highest BCUT2D eigenvalue weighted by molar-refractivity contribution is 7.98. The summed E-state index contributed by atoms with van der Waals surface area (Å²) in [5.41, 5.74) is 5.61. The highest BCUT2D eigenvalue weighted by Crippen LogP contribution is 2.08. The van der Waals surface area contributed by atoms with Crippen LogP contribution in [0, 0.1) is 5.92 Å². The number of aliphatic hydroxyl groups excluding tert-OH is 1. The summed E-state index contributed by atoms with van der Waals surface area (Å²) in [6, 6.07) is -4.91. The number of rotatable bonds is 16. The number of amides is 3. The van der Waals surface area contributed by atoms with Gasteiger partial charge in [-0.1, -0.05) is 13.8 Å². The van der Waals surface area contributed by atoms with Gasteiger partial charge in [-0.2, -0.15) is 11.8 Å². The Hall–Kier alpha value is -2.38. The Kier molecular flexibility index (Phi) is 14.3. The first-order chi connectivity index (χ1) is 15.3. The van der Waals surface area contributed by atoms with E-state index in [1.165, 1.54) is 18.7 Å². The number of carboxylic acids is 2. The van der Waals surface area contributed by atoms with Crippen LogP contribution in [0.5, 0.6) is 0 Å². The average molecular weight is 493 g/mol. The zero-order chi connectivity index (χ0) is 25.7. The third kappa shape index (κ3) is 12.4. The van der Waals surface area contributed by atoms with E-state index in [-0.39, 0.29) is 25.2 Å². The van der Waals surface area contributed by atoms with E-state index in [0.29, 0.717) is 5.75 Å². The second-order valence-corrected chi connectivity index (χ2v) is 9.12. The van der Waals surface area contributed by atoms with Crippen molar-refractivity contribution in [1.29, 1.82) is 0 Å². The van der Waals surface area contributed by atoms with E-state index >= 15 is 0 Å². The van der Waals surface area contributed by atoms with Gasteiger partial charge in [0.15, 0.2) is 0 Å². The van der Waals surface area contributed by atoms with E-state index in [2.05, 4.69) is 16.0 Å². The van der Waals surface area contributed by atoms with Crippen molar-refractivity contribution in [3.63, 3.8) is 0 Å². The van der Waals surface area contributed by atoms with E-state index in [9.17, 15) is 34.2 Å². The van der Waals surface area contributed by atoms with Crippen molar-refractivity contribution < 1.29 is 39.3 Å². The number of nitrogens with one attached hydrogen (secondary N) is 3. The number of hydrogen-bond acceptors (Lipinski definition) is 8. The van der Waals surface area contributed by atoms with Crippen molar-refractivity contribution in [3.8, 4) is 0 Å². The molecule has 0 aliphatic carbocycles. The topological polar surface area (TPSA) is 208 Å². The number of hydrogen-bond donors (Lipinski definition) is 7. The minimum absolute atomic E-state index is 0.0391. The third-order valence-electron chi connectivity index (χ3n) is 4.67. The minimum atomic E-state index is -1.33. The number of aliphatic hydroxyl groups is 1. The standard InChI is InChI=1S/C20H36N4O8S/c1-10(2)9-14(20(31)32)24-17(28)12(5-6-15(26)27)22-18(29)13(7-8-33-4)23-19(30)16(21)11(3)25/h10-14,16,25H,5-9,21H2,1-4H3,(H,22,29)(H,23,30)(H,24,28)(H,26,27)(H,31,32). The van der Waals surface area contributed by atoms with Crippen LogP contribution in [0.2, 0.25) is 0 Å². The Morgan fingerprint density at radius 3 is 1.76 bits per heavy atom. The van der Waals surface area contributed by atoms with Gasteiger partial charge in [0, 0.05) is 6.42 Å². The SMILES string of the molecule is CSCCC(NC(=O)C(N)C(C)O)C(=O)NC(CCC(=O)O)C(=O)NC(CC(C)C)C(=O)O. The van der Waals surface area contributed by atoms with Crippen molar-refractivity contribution in [2.24, 2.45) is 11.7 Å². The molecule has 5 atom stereocenters. The van der Waals surface area contributed by atoms with Crippen molar-refractivity contribution in [2.45, 2.75) is 76.7 Å². The van der Waals surface area contributed by atoms with E-state index in [4.69, 9.17) is 10.8 Å². The minimum Gasteiger partial charge on any atom is -0.481 e. The van der Waals surface area contributed by atoms with Crippen LogP contribution in [0.4, 0.5) is 0 Å². The van der Waals surface area contributed by atoms with E-state index in [0.717, 1.165) is 0 Å². The second kappa shape index (κ2) is 15.5.